The fourth-order valence-corrected chi connectivity index (χ4v) is 1.66. The van der Waals surface area contributed by atoms with Crippen LogP contribution in [0.25, 0.3) is 0 Å². The van der Waals surface area contributed by atoms with E-state index >= 15 is 0 Å². The largest absolute Gasteiger partial charge is 0.394 e. The Morgan fingerprint density at radius 3 is 2.86 bits per heavy atom. The molecule has 5 nitrogen and oxygen atoms in total. The van der Waals surface area contributed by atoms with E-state index in [1.54, 1.807) is 6.20 Å². The van der Waals surface area contributed by atoms with Crippen LogP contribution in [0.4, 0.5) is 11.5 Å². The summed E-state index contributed by atoms with van der Waals surface area (Å²) in [6.07, 6.45) is 1.61. The third-order valence-corrected chi connectivity index (χ3v) is 2.46. The number of aromatic nitrogens is 2. The highest BCUT2D eigenvalue weighted by Crippen LogP contribution is 2.21. The lowest BCUT2D eigenvalue weighted by Gasteiger charge is -2.28. The Labute approximate surface area is 90.4 Å². The molecule has 1 saturated heterocycles. The van der Waals surface area contributed by atoms with E-state index < -0.39 is 0 Å². The van der Waals surface area contributed by atoms with Gasteiger partial charge in [-0.1, -0.05) is 0 Å². The molecule has 0 bridgehead atoms. The number of morpholine rings is 1. The monoisotopic (exact) mass is 258 g/mol. The van der Waals surface area contributed by atoms with Gasteiger partial charge in [-0.2, -0.15) is 0 Å². The number of anilines is 2. The standard InChI is InChI=1S/C8H11BrN4O/c9-8-11-5-6(10)7(12-8)13-1-3-14-4-2-13/h5H,1-4,10H2. The first-order chi connectivity index (χ1) is 6.77. The molecule has 76 valence electrons. The van der Waals surface area contributed by atoms with Crippen molar-refractivity contribution in [2.45, 2.75) is 0 Å². The fraction of sp³-hybridized carbons (Fsp3) is 0.500. The molecule has 1 aromatic heterocycles. The Hall–Kier alpha value is -0.880. The normalized spacial score (nSPS) is 17.1. The molecule has 1 aliphatic rings. The highest BCUT2D eigenvalue weighted by atomic mass is 79.9. The molecule has 0 amide bonds. The number of rotatable bonds is 1. The molecular weight excluding hydrogens is 248 g/mol. The topological polar surface area (TPSA) is 64.3 Å². The van der Waals surface area contributed by atoms with Gasteiger partial charge in [-0.05, 0) is 15.9 Å². The number of hydrogen-bond donors (Lipinski definition) is 1. The van der Waals surface area contributed by atoms with Crippen LogP contribution < -0.4 is 10.6 Å². The van der Waals surface area contributed by atoms with Gasteiger partial charge in [0.2, 0.25) is 0 Å². The molecular formula is C8H11BrN4O. The summed E-state index contributed by atoms with van der Waals surface area (Å²) in [4.78, 5) is 10.3. The molecule has 6 heteroatoms. The Bertz CT molecular complexity index is 327. The molecule has 0 unspecified atom stereocenters. The van der Waals surface area contributed by atoms with E-state index in [0.29, 0.717) is 10.4 Å². The number of nitrogen functional groups attached to an aromatic ring is 1. The Kier molecular flexibility index (Phi) is 2.83. The maximum absolute atomic E-state index is 5.79. The van der Waals surface area contributed by atoms with Crippen molar-refractivity contribution in [2.24, 2.45) is 0 Å². The van der Waals surface area contributed by atoms with Crippen LogP contribution in [-0.2, 0) is 4.74 Å². The zero-order chi connectivity index (χ0) is 9.97. The predicted octanol–water partition coefficient (Wildman–Crippen LogP) is 0.658. The average molecular weight is 259 g/mol. The lowest BCUT2D eigenvalue weighted by molar-refractivity contribution is 0.122. The molecule has 1 aliphatic heterocycles. The van der Waals surface area contributed by atoms with Gasteiger partial charge >= 0.3 is 0 Å². The molecule has 1 aromatic rings. The van der Waals surface area contributed by atoms with Crippen molar-refractivity contribution in [3.63, 3.8) is 0 Å². The van der Waals surface area contributed by atoms with Crippen molar-refractivity contribution >= 4 is 27.4 Å². The molecule has 14 heavy (non-hydrogen) atoms. The predicted molar refractivity (Wildman–Crippen MR) is 57.2 cm³/mol. The minimum absolute atomic E-state index is 0.563. The number of nitrogens with zero attached hydrogens (tertiary/aromatic N) is 3. The van der Waals surface area contributed by atoms with Gasteiger partial charge in [-0.15, -0.1) is 0 Å². The zero-order valence-electron chi connectivity index (χ0n) is 7.61. The fourth-order valence-electron chi connectivity index (χ4n) is 1.39. The summed E-state index contributed by atoms with van der Waals surface area (Å²) in [5, 5.41) is 0. The van der Waals surface area contributed by atoms with Crippen LogP contribution in [0.3, 0.4) is 0 Å². The zero-order valence-corrected chi connectivity index (χ0v) is 9.20. The van der Waals surface area contributed by atoms with Crippen molar-refractivity contribution < 1.29 is 4.74 Å². The quantitative estimate of drug-likeness (QED) is 0.750. The van der Waals surface area contributed by atoms with E-state index in [9.17, 15) is 0 Å². The number of hydrogen-bond acceptors (Lipinski definition) is 5. The second-order valence-electron chi connectivity index (χ2n) is 3.02. The summed E-state index contributed by atoms with van der Waals surface area (Å²) in [5.41, 5.74) is 6.40. The number of nitrogens with two attached hydrogens (primary N) is 1. The van der Waals surface area contributed by atoms with Crippen LogP contribution in [-0.4, -0.2) is 36.3 Å². The van der Waals surface area contributed by atoms with E-state index in [1.165, 1.54) is 0 Å². The molecule has 2 N–H and O–H groups in total. The first-order valence-corrected chi connectivity index (χ1v) is 5.17. The minimum Gasteiger partial charge on any atom is -0.394 e. The SMILES string of the molecule is Nc1cnc(Br)nc1N1CCOCC1. The second kappa shape index (κ2) is 4.10. The summed E-state index contributed by atoms with van der Waals surface area (Å²) in [5.74, 6) is 0.787. The van der Waals surface area contributed by atoms with E-state index in [2.05, 4.69) is 30.8 Å². The molecule has 1 fully saturated rings. The summed E-state index contributed by atoms with van der Waals surface area (Å²) < 4.78 is 5.82. The van der Waals surface area contributed by atoms with Crippen LogP contribution in [0.2, 0.25) is 0 Å². The van der Waals surface area contributed by atoms with Crippen LogP contribution in [0.15, 0.2) is 10.9 Å². The molecule has 0 aromatic carbocycles. The highest BCUT2D eigenvalue weighted by Gasteiger charge is 2.15. The summed E-state index contributed by atoms with van der Waals surface area (Å²) in [6.45, 7) is 3.10. The molecule has 0 saturated carbocycles. The van der Waals surface area contributed by atoms with Gasteiger partial charge in [0.25, 0.3) is 0 Å². The van der Waals surface area contributed by atoms with Gasteiger partial charge in [-0.3, -0.25) is 0 Å². The highest BCUT2D eigenvalue weighted by molar-refractivity contribution is 9.10. The smallest absolute Gasteiger partial charge is 0.198 e. The van der Waals surface area contributed by atoms with E-state index in [-0.39, 0.29) is 0 Å². The molecule has 2 heterocycles. The minimum atomic E-state index is 0.563. The second-order valence-corrected chi connectivity index (χ2v) is 3.73. The molecule has 0 spiro atoms. The Morgan fingerprint density at radius 2 is 2.14 bits per heavy atom. The average Bonchev–Trinajstić information content (AvgIpc) is 2.23. The van der Waals surface area contributed by atoms with Gasteiger partial charge in [0.05, 0.1) is 25.1 Å². The Morgan fingerprint density at radius 1 is 1.43 bits per heavy atom. The summed E-state index contributed by atoms with van der Waals surface area (Å²) in [6, 6.07) is 0. The maximum atomic E-state index is 5.79. The molecule has 0 radical (unpaired) electrons. The maximum Gasteiger partial charge on any atom is 0.198 e. The van der Waals surface area contributed by atoms with E-state index in [0.717, 1.165) is 32.1 Å². The van der Waals surface area contributed by atoms with Crippen molar-refractivity contribution in [3.05, 3.63) is 10.9 Å². The van der Waals surface area contributed by atoms with Crippen LogP contribution in [0.1, 0.15) is 0 Å². The summed E-state index contributed by atoms with van der Waals surface area (Å²) >= 11 is 3.23. The van der Waals surface area contributed by atoms with Gasteiger partial charge < -0.3 is 15.4 Å². The summed E-state index contributed by atoms with van der Waals surface area (Å²) in [7, 11) is 0. The van der Waals surface area contributed by atoms with Crippen molar-refractivity contribution in [2.75, 3.05) is 36.9 Å². The van der Waals surface area contributed by atoms with E-state index in [1.807, 2.05) is 0 Å². The first kappa shape index (κ1) is 9.67. The van der Waals surface area contributed by atoms with Crippen LogP contribution >= 0.6 is 15.9 Å². The van der Waals surface area contributed by atoms with Gasteiger partial charge in [0.1, 0.15) is 0 Å². The lowest BCUT2D eigenvalue weighted by Crippen LogP contribution is -2.37. The molecule has 2 rings (SSSR count). The molecule has 0 aliphatic carbocycles. The number of halogens is 1. The van der Waals surface area contributed by atoms with Crippen molar-refractivity contribution in [3.8, 4) is 0 Å². The Balaban J connectivity index is 2.24. The third-order valence-electron chi connectivity index (χ3n) is 2.08. The van der Waals surface area contributed by atoms with Crippen molar-refractivity contribution in [1.82, 2.24) is 9.97 Å². The van der Waals surface area contributed by atoms with Gasteiger partial charge in [-0.25, -0.2) is 9.97 Å². The third kappa shape index (κ3) is 1.96. The molecule has 0 atom stereocenters. The number of ether oxygens (including phenoxy) is 1. The van der Waals surface area contributed by atoms with Crippen LogP contribution in [0.5, 0.6) is 0 Å². The van der Waals surface area contributed by atoms with Gasteiger partial charge in [0, 0.05) is 13.1 Å². The lowest BCUT2D eigenvalue weighted by atomic mass is 10.4. The first-order valence-electron chi connectivity index (χ1n) is 4.38. The van der Waals surface area contributed by atoms with Crippen molar-refractivity contribution in [1.29, 1.82) is 0 Å². The van der Waals surface area contributed by atoms with Gasteiger partial charge in [0.15, 0.2) is 10.6 Å². The van der Waals surface area contributed by atoms with Crippen LogP contribution in [0, 0.1) is 0 Å². The van der Waals surface area contributed by atoms with E-state index in [4.69, 9.17) is 10.5 Å².